The highest BCUT2D eigenvalue weighted by Crippen LogP contribution is 2.35. The summed E-state index contributed by atoms with van der Waals surface area (Å²) < 4.78 is 10.3. The number of carbonyl (C=O) groups is 3. The standard InChI is InChI=1S/C39H61NO5/c1-3-5-6-7-8-9-10-11-12-13-14-15-16-17-18-19-20-21-22-26-35(41)29-31-38(42)44-33-45-39(43)40(32-4-2)37-30-28-34-25-23-24-27-36(34)37/h2,23-25,27,37H,3,5-22,26,28-33H2,1H3/t37-/m1/s1. The first-order valence-corrected chi connectivity index (χ1v) is 18.2. The van der Waals surface area contributed by atoms with Gasteiger partial charge in [-0.1, -0.05) is 153 Å². The number of terminal acetylenes is 1. The molecule has 1 amide bonds. The van der Waals surface area contributed by atoms with Crippen molar-refractivity contribution >= 4 is 17.8 Å². The average Bonchev–Trinajstić information content (AvgIpc) is 3.47. The van der Waals surface area contributed by atoms with Crippen LogP contribution in [0.2, 0.25) is 0 Å². The number of ether oxygens (including phenoxy) is 2. The van der Waals surface area contributed by atoms with Gasteiger partial charge in [-0.15, -0.1) is 6.42 Å². The minimum absolute atomic E-state index is 0.000418. The molecular formula is C39H61NO5. The fraction of sp³-hybridized carbons (Fsp3) is 0.718. The lowest BCUT2D eigenvalue weighted by Gasteiger charge is -2.27. The fourth-order valence-corrected chi connectivity index (χ4v) is 6.33. The monoisotopic (exact) mass is 623 g/mol. The third kappa shape index (κ3) is 17.5. The van der Waals surface area contributed by atoms with Crippen molar-refractivity contribution in [3.63, 3.8) is 0 Å². The van der Waals surface area contributed by atoms with Gasteiger partial charge in [0.05, 0.1) is 19.0 Å². The van der Waals surface area contributed by atoms with Crippen LogP contribution in [0.15, 0.2) is 24.3 Å². The van der Waals surface area contributed by atoms with Crippen LogP contribution in [0, 0.1) is 12.3 Å². The summed E-state index contributed by atoms with van der Waals surface area (Å²) in [6, 6.07) is 7.84. The zero-order valence-corrected chi connectivity index (χ0v) is 28.3. The Morgan fingerprint density at radius 2 is 1.27 bits per heavy atom. The lowest BCUT2D eigenvalue weighted by atomic mass is 10.0. The molecule has 0 spiro atoms. The van der Waals surface area contributed by atoms with Crippen molar-refractivity contribution in [1.29, 1.82) is 0 Å². The van der Waals surface area contributed by atoms with E-state index in [9.17, 15) is 14.4 Å². The Hall–Kier alpha value is -2.81. The zero-order valence-electron chi connectivity index (χ0n) is 28.3. The molecule has 0 saturated heterocycles. The molecule has 2 rings (SSSR count). The number of unbranched alkanes of at least 4 members (excludes halogenated alkanes) is 18. The highest BCUT2D eigenvalue weighted by Gasteiger charge is 2.31. The second-order valence-electron chi connectivity index (χ2n) is 12.8. The van der Waals surface area contributed by atoms with E-state index < -0.39 is 18.9 Å². The molecule has 0 fully saturated rings. The lowest BCUT2D eigenvalue weighted by Crippen LogP contribution is -2.35. The average molecular weight is 624 g/mol. The van der Waals surface area contributed by atoms with Crippen LogP contribution >= 0.6 is 0 Å². The Morgan fingerprint density at radius 1 is 0.733 bits per heavy atom. The summed E-state index contributed by atoms with van der Waals surface area (Å²) in [7, 11) is 0. The van der Waals surface area contributed by atoms with Gasteiger partial charge in [-0.3, -0.25) is 14.5 Å². The number of aryl methyl sites for hydroxylation is 1. The summed E-state index contributed by atoms with van der Waals surface area (Å²) in [5, 5.41) is 0. The Labute approximate surface area is 274 Å². The summed E-state index contributed by atoms with van der Waals surface area (Å²) in [5.41, 5.74) is 2.28. The van der Waals surface area contributed by atoms with Gasteiger partial charge in [0, 0.05) is 12.8 Å². The molecule has 45 heavy (non-hydrogen) atoms. The van der Waals surface area contributed by atoms with Crippen LogP contribution in [0.5, 0.6) is 0 Å². The molecule has 0 N–H and O–H groups in total. The van der Waals surface area contributed by atoms with Gasteiger partial charge in [-0.25, -0.2) is 4.79 Å². The molecule has 6 nitrogen and oxygen atoms in total. The number of Topliss-reactive ketones (excluding diaryl/α,β-unsaturated/α-hetero) is 1. The van der Waals surface area contributed by atoms with Crippen LogP contribution in [-0.2, 0) is 25.5 Å². The van der Waals surface area contributed by atoms with Gasteiger partial charge >= 0.3 is 12.1 Å². The smallest absolute Gasteiger partial charge is 0.413 e. The molecule has 1 aliphatic rings. The summed E-state index contributed by atoms with van der Waals surface area (Å²) >= 11 is 0. The van der Waals surface area contributed by atoms with Crippen LogP contribution in [0.3, 0.4) is 0 Å². The minimum atomic E-state index is -0.608. The van der Waals surface area contributed by atoms with Crippen LogP contribution in [0.4, 0.5) is 4.79 Å². The van der Waals surface area contributed by atoms with E-state index in [0.29, 0.717) is 6.42 Å². The van der Waals surface area contributed by atoms with Crippen LogP contribution in [0.1, 0.15) is 172 Å². The first-order valence-electron chi connectivity index (χ1n) is 18.2. The molecule has 1 aromatic rings. The molecule has 0 radical (unpaired) electrons. The van der Waals surface area contributed by atoms with Gasteiger partial charge in [-0.05, 0) is 30.4 Å². The molecule has 6 heteroatoms. The summed E-state index contributed by atoms with van der Waals surface area (Å²) in [5.74, 6) is 2.06. The van der Waals surface area contributed by atoms with Gasteiger partial charge < -0.3 is 9.47 Å². The van der Waals surface area contributed by atoms with Gasteiger partial charge in [0.2, 0.25) is 6.79 Å². The van der Waals surface area contributed by atoms with E-state index in [1.165, 1.54) is 120 Å². The maximum absolute atomic E-state index is 12.7. The van der Waals surface area contributed by atoms with E-state index in [2.05, 4.69) is 18.9 Å². The molecule has 0 unspecified atom stereocenters. The summed E-state index contributed by atoms with van der Waals surface area (Å²) in [6.45, 7) is 1.90. The minimum Gasteiger partial charge on any atom is -0.428 e. The van der Waals surface area contributed by atoms with Gasteiger partial charge in [0.25, 0.3) is 0 Å². The number of rotatable bonds is 27. The number of hydrogen-bond acceptors (Lipinski definition) is 5. The molecule has 252 valence electrons. The molecule has 0 aliphatic heterocycles. The predicted molar refractivity (Wildman–Crippen MR) is 183 cm³/mol. The van der Waals surface area contributed by atoms with Crippen molar-refractivity contribution in [3.8, 4) is 12.3 Å². The fourth-order valence-electron chi connectivity index (χ4n) is 6.33. The maximum atomic E-state index is 12.7. The Bertz CT molecular complexity index is 999. The van der Waals surface area contributed by atoms with Crippen molar-refractivity contribution in [3.05, 3.63) is 35.4 Å². The lowest BCUT2D eigenvalue weighted by molar-refractivity contribution is -0.153. The van der Waals surface area contributed by atoms with Crippen LogP contribution in [-0.4, -0.2) is 36.1 Å². The molecule has 1 aliphatic carbocycles. The maximum Gasteiger partial charge on any atom is 0.413 e. The van der Waals surface area contributed by atoms with Gasteiger partial charge in [0.15, 0.2) is 0 Å². The highest BCUT2D eigenvalue weighted by atomic mass is 16.7. The highest BCUT2D eigenvalue weighted by molar-refractivity contribution is 5.82. The number of nitrogens with zero attached hydrogens (tertiary/aromatic N) is 1. The Morgan fingerprint density at radius 3 is 1.82 bits per heavy atom. The van der Waals surface area contributed by atoms with Crippen molar-refractivity contribution in [1.82, 2.24) is 4.90 Å². The van der Waals surface area contributed by atoms with E-state index in [1.807, 2.05) is 18.2 Å². The number of hydrogen-bond donors (Lipinski definition) is 0. The van der Waals surface area contributed by atoms with E-state index in [4.69, 9.17) is 15.9 Å². The van der Waals surface area contributed by atoms with Crippen molar-refractivity contribution < 1.29 is 23.9 Å². The summed E-state index contributed by atoms with van der Waals surface area (Å²) in [4.78, 5) is 38.5. The number of benzene rings is 1. The predicted octanol–water partition coefficient (Wildman–Crippen LogP) is 10.4. The molecule has 0 aromatic heterocycles. The molecule has 0 saturated carbocycles. The zero-order chi connectivity index (χ0) is 32.4. The van der Waals surface area contributed by atoms with E-state index in [-0.39, 0.29) is 31.2 Å². The third-order valence-corrected chi connectivity index (χ3v) is 9.04. The quantitative estimate of drug-likeness (QED) is 0.0422. The second-order valence-corrected chi connectivity index (χ2v) is 12.8. The Balaban J connectivity index is 1.38. The normalized spacial score (nSPS) is 13.6. The first kappa shape index (κ1) is 38.4. The number of amides is 1. The van der Waals surface area contributed by atoms with E-state index >= 15 is 0 Å². The third-order valence-electron chi connectivity index (χ3n) is 9.04. The van der Waals surface area contributed by atoms with Crippen LogP contribution < -0.4 is 0 Å². The Kier molecular flexibility index (Phi) is 21.7. The largest absolute Gasteiger partial charge is 0.428 e. The van der Waals surface area contributed by atoms with Gasteiger partial charge in [0.1, 0.15) is 5.78 Å². The number of esters is 1. The van der Waals surface area contributed by atoms with Crippen molar-refractivity contribution in [2.45, 2.75) is 167 Å². The number of ketones is 1. The molecule has 1 atom stereocenters. The molecule has 0 bridgehead atoms. The molecular weight excluding hydrogens is 562 g/mol. The SMILES string of the molecule is C#CCN(C(=O)OCOC(=O)CCC(=O)CCCCCCCCCCCCCCCCCCCCC)[C@@H]1CCc2ccccc21. The molecule has 1 aromatic carbocycles. The summed E-state index contributed by atoms with van der Waals surface area (Å²) in [6.07, 6.45) is 32.4. The topological polar surface area (TPSA) is 72.9 Å². The first-order chi connectivity index (χ1) is 22.1. The molecule has 0 heterocycles. The van der Waals surface area contributed by atoms with E-state index in [0.717, 1.165) is 31.2 Å². The number of fused-ring (bicyclic) bond motifs is 1. The number of carbonyl (C=O) groups excluding carboxylic acids is 3. The van der Waals surface area contributed by atoms with Gasteiger partial charge in [-0.2, -0.15) is 0 Å². The van der Waals surface area contributed by atoms with E-state index in [1.54, 1.807) is 0 Å². The van der Waals surface area contributed by atoms with Crippen LogP contribution in [0.25, 0.3) is 0 Å². The van der Waals surface area contributed by atoms with Crippen molar-refractivity contribution in [2.24, 2.45) is 0 Å². The second kappa shape index (κ2) is 25.4. The van der Waals surface area contributed by atoms with Crippen molar-refractivity contribution in [2.75, 3.05) is 13.3 Å².